The topological polar surface area (TPSA) is 104 Å². The largest absolute Gasteiger partial charge is 0.493 e. The highest BCUT2D eigenvalue weighted by molar-refractivity contribution is 5.99. The van der Waals surface area contributed by atoms with Gasteiger partial charge in [0.2, 0.25) is 0 Å². The molecule has 10 heteroatoms. The van der Waals surface area contributed by atoms with Gasteiger partial charge in [0.05, 0.1) is 50.8 Å². The third-order valence-corrected chi connectivity index (χ3v) is 11.7. The van der Waals surface area contributed by atoms with Gasteiger partial charge in [-0.2, -0.15) is 0 Å². The van der Waals surface area contributed by atoms with Gasteiger partial charge in [-0.1, -0.05) is 72.8 Å². The van der Waals surface area contributed by atoms with Crippen LogP contribution in [0.25, 0.3) is 44.2 Å². The van der Waals surface area contributed by atoms with Gasteiger partial charge in [-0.15, -0.1) is 13.2 Å². The van der Waals surface area contributed by atoms with Crippen LogP contribution in [0.3, 0.4) is 0 Å². The Morgan fingerprint density at radius 1 is 0.607 bits per heavy atom. The first-order valence-corrected chi connectivity index (χ1v) is 21.3. The average molecular weight is 823 g/mol. The standard InChI is InChI=1S/C51H54N2O8/c1-5-14-38-30-40-44(36-16-9-7-10-17-36)42(32-52-20-26-56-27-21-52)50(54)60-48(40)34(3)46(38)58-24-13-25-59-47-35(4)49-41(31-39(47)15-6-2)45(37-18-11-8-12-19-37)43(51(55)61-49)33-53-22-28-57-29-23-53/h5-12,16-19,30-31H,1-2,13-15,20-29,32-33H2,3-4H3. The van der Waals surface area contributed by atoms with Crippen molar-refractivity contribution in [3.05, 3.63) is 152 Å². The van der Waals surface area contributed by atoms with Gasteiger partial charge in [0, 0.05) is 78.7 Å². The van der Waals surface area contributed by atoms with Crippen molar-refractivity contribution in [1.82, 2.24) is 9.80 Å². The molecule has 0 unspecified atom stereocenters. The second-order valence-electron chi connectivity index (χ2n) is 15.8. The summed E-state index contributed by atoms with van der Waals surface area (Å²) >= 11 is 0. The van der Waals surface area contributed by atoms with Gasteiger partial charge in [0.15, 0.2) is 0 Å². The van der Waals surface area contributed by atoms with Gasteiger partial charge in [0.25, 0.3) is 0 Å². The van der Waals surface area contributed by atoms with Gasteiger partial charge in [-0.05, 0) is 61.1 Å². The Bertz CT molecular complexity index is 2460. The number of benzene rings is 4. The Balaban J connectivity index is 1.07. The molecule has 0 atom stereocenters. The van der Waals surface area contributed by atoms with Crippen LogP contribution in [0.1, 0.15) is 39.8 Å². The Hall–Kier alpha value is -5.78. The van der Waals surface area contributed by atoms with Crippen LogP contribution in [0.15, 0.2) is 117 Å². The molecule has 2 fully saturated rings. The molecule has 2 aromatic heterocycles. The molecule has 0 N–H and O–H groups in total. The minimum absolute atomic E-state index is 0.349. The van der Waals surface area contributed by atoms with E-state index in [1.807, 2.05) is 86.7 Å². The molecule has 8 rings (SSSR count). The summed E-state index contributed by atoms with van der Waals surface area (Å²) in [4.78, 5) is 32.2. The molecule has 0 radical (unpaired) electrons. The van der Waals surface area contributed by atoms with E-state index < -0.39 is 0 Å². The van der Waals surface area contributed by atoms with Crippen molar-refractivity contribution in [2.45, 2.75) is 46.2 Å². The maximum Gasteiger partial charge on any atom is 0.341 e. The Morgan fingerprint density at radius 2 is 1.00 bits per heavy atom. The number of hydrogen-bond donors (Lipinski definition) is 0. The summed E-state index contributed by atoms with van der Waals surface area (Å²) in [5.41, 5.74) is 8.73. The molecule has 0 spiro atoms. The second-order valence-corrected chi connectivity index (χ2v) is 15.8. The van der Waals surface area contributed by atoms with Crippen molar-refractivity contribution in [3.63, 3.8) is 0 Å². The van der Waals surface area contributed by atoms with Crippen LogP contribution in [0.2, 0.25) is 0 Å². The smallest absolute Gasteiger partial charge is 0.341 e. The highest BCUT2D eigenvalue weighted by Crippen LogP contribution is 2.40. The second kappa shape index (κ2) is 19.3. The predicted octanol–water partition coefficient (Wildman–Crippen LogP) is 8.82. The Labute approximate surface area is 356 Å². The first kappa shape index (κ1) is 41.9. The summed E-state index contributed by atoms with van der Waals surface area (Å²) in [5.74, 6) is 1.35. The van der Waals surface area contributed by atoms with Crippen LogP contribution >= 0.6 is 0 Å². The van der Waals surface area contributed by atoms with Crippen LogP contribution < -0.4 is 20.7 Å². The first-order valence-electron chi connectivity index (χ1n) is 21.3. The first-order chi connectivity index (χ1) is 29.9. The zero-order valence-electron chi connectivity index (χ0n) is 35.3. The van der Waals surface area contributed by atoms with E-state index in [1.54, 1.807) is 0 Å². The lowest BCUT2D eigenvalue weighted by Gasteiger charge is -2.27. The number of rotatable bonds is 16. The summed E-state index contributed by atoms with van der Waals surface area (Å²) in [6, 6.07) is 24.3. The molecule has 316 valence electrons. The predicted molar refractivity (Wildman–Crippen MR) is 241 cm³/mol. The lowest BCUT2D eigenvalue weighted by atomic mass is 9.93. The zero-order valence-corrected chi connectivity index (χ0v) is 35.3. The van der Waals surface area contributed by atoms with Crippen molar-refractivity contribution in [3.8, 4) is 33.8 Å². The molecule has 4 aromatic carbocycles. The molecule has 0 saturated carbocycles. The fraction of sp³-hybridized carbons (Fsp3) is 0.333. The highest BCUT2D eigenvalue weighted by Gasteiger charge is 2.26. The molecule has 6 aromatic rings. The van der Waals surface area contributed by atoms with Crippen molar-refractivity contribution < 1.29 is 27.8 Å². The summed E-state index contributed by atoms with van der Waals surface area (Å²) < 4.78 is 36.6. The summed E-state index contributed by atoms with van der Waals surface area (Å²) in [6.07, 6.45) is 5.43. The summed E-state index contributed by atoms with van der Waals surface area (Å²) in [6.45, 7) is 19.2. The number of morpholine rings is 2. The number of nitrogens with zero attached hydrogens (tertiary/aromatic N) is 2. The van der Waals surface area contributed by atoms with Crippen molar-refractivity contribution >= 4 is 21.9 Å². The minimum atomic E-state index is -0.349. The Morgan fingerprint density at radius 3 is 1.38 bits per heavy atom. The number of hydrogen-bond acceptors (Lipinski definition) is 10. The van der Waals surface area contributed by atoms with E-state index in [9.17, 15) is 9.59 Å². The maximum atomic E-state index is 13.9. The van der Waals surface area contributed by atoms with Crippen LogP contribution in [0.4, 0.5) is 0 Å². The van der Waals surface area contributed by atoms with E-state index in [1.165, 1.54) is 0 Å². The maximum absolute atomic E-state index is 13.9. The van der Waals surface area contributed by atoms with Gasteiger partial charge >= 0.3 is 11.3 Å². The van der Waals surface area contributed by atoms with E-state index in [4.69, 9.17) is 27.8 Å². The fourth-order valence-electron chi connectivity index (χ4n) is 8.72. The minimum Gasteiger partial charge on any atom is -0.493 e. The summed E-state index contributed by atoms with van der Waals surface area (Å²) in [5, 5.41) is 1.74. The number of fused-ring (bicyclic) bond motifs is 2. The highest BCUT2D eigenvalue weighted by atomic mass is 16.5. The monoisotopic (exact) mass is 822 g/mol. The molecule has 0 aliphatic carbocycles. The SMILES string of the molecule is C=CCc1cc2c(-c3ccccc3)c(CN3CCOCC3)c(=O)oc2c(C)c1OCCCOc1c(CC=C)cc2c(-c3ccccc3)c(CN3CCOCC3)c(=O)oc2c1C. The van der Waals surface area contributed by atoms with Gasteiger partial charge in [-0.3, -0.25) is 9.80 Å². The molecule has 2 aliphatic rings. The lowest BCUT2D eigenvalue weighted by Crippen LogP contribution is -2.37. The quantitative estimate of drug-likeness (QED) is 0.0535. The number of ether oxygens (including phenoxy) is 4. The van der Waals surface area contributed by atoms with Crippen LogP contribution in [0, 0.1) is 13.8 Å². The number of aryl methyl sites for hydroxylation is 2. The fourth-order valence-corrected chi connectivity index (χ4v) is 8.72. The van der Waals surface area contributed by atoms with Gasteiger partial charge in [-0.25, -0.2) is 9.59 Å². The van der Waals surface area contributed by atoms with E-state index >= 15 is 0 Å². The molecule has 2 aliphatic heterocycles. The number of allylic oxidation sites excluding steroid dienone is 2. The van der Waals surface area contributed by atoms with E-state index in [0.717, 1.165) is 81.5 Å². The van der Waals surface area contributed by atoms with Gasteiger partial charge < -0.3 is 27.8 Å². The zero-order chi connectivity index (χ0) is 42.3. The molecule has 2 saturated heterocycles. The molecule has 0 amide bonds. The lowest BCUT2D eigenvalue weighted by molar-refractivity contribution is 0.0338. The summed E-state index contributed by atoms with van der Waals surface area (Å²) in [7, 11) is 0. The van der Waals surface area contributed by atoms with Crippen molar-refractivity contribution in [2.75, 3.05) is 65.8 Å². The van der Waals surface area contributed by atoms with E-state index in [0.29, 0.717) is 106 Å². The molecule has 10 nitrogen and oxygen atoms in total. The van der Waals surface area contributed by atoms with Crippen molar-refractivity contribution in [1.29, 1.82) is 0 Å². The van der Waals surface area contributed by atoms with Crippen LogP contribution in [-0.2, 0) is 35.4 Å². The van der Waals surface area contributed by atoms with Gasteiger partial charge in [0.1, 0.15) is 22.7 Å². The average Bonchev–Trinajstić information content (AvgIpc) is 3.28. The molecular formula is C51H54N2O8. The Kier molecular flexibility index (Phi) is 13.3. The molecular weight excluding hydrogens is 769 g/mol. The van der Waals surface area contributed by atoms with E-state index in [2.05, 4.69) is 35.1 Å². The normalized spacial score (nSPS) is 15.0. The third-order valence-electron chi connectivity index (χ3n) is 11.7. The van der Waals surface area contributed by atoms with Crippen molar-refractivity contribution in [2.24, 2.45) is 0 Å². The molecule has 0 bridgehead atoms. The van der Waals surface area contributed by atoms with Crippen LogP contribution in [-0.4, -0.2) is 75.6 Å². The third kappa shape index (κ3) is 8.99. The van der Waals surface area contributed by atoms with E-state index in [-0.39, 0.29) is 11.3 Å². The molecule has 4 heterocycles. The van der Waals surface area contributed by atoms with Crippen LogP contribution in [0.5, 0.6) is 11.5 Å². The molecule has 61 heavy (non-hydrogen) atoms.